The monoisotopic (exact) mass is 610 g/mol. The molecule has 0 radical (unpaired) electrons. The summed E-state index contributed by atoms with van der Waals surface area (Å²) in [6.07, 6.45) is 2.15. The first kappa shape index (κ1) is 31.1. The molecule has 0 spiro atoms. The molecule has 1 heterocycles. The van der Waals surface area contributed by atoms with E-state index >= 15 is 0 Å². The topological polar surface area (TPSA) is 92.8 Å². The Morgan fingerprint density at radius 1 is 0.800 bits per heavy atom. The Labute approximate surface area is 259 Å². The van der Waals surface area contributed by atoms with E-state index in [1.165, 1.54) is 6.20 Å². The molecule has 0 atom stereocenters. The van der Waals surface area contributed by atoms with Gasteiger partial charge in [-0.25, -0.2) is 8.78 Å². The second-order valence-corrected chi connectivity index (χ2v) is 10.5. The molecule has 2 N–H and O–H groups in total. The Morgan fingerprint density at radius 2 is 1.51 bits per heavy atom. The number of halogens is 2. The number of hydrogen-bond donors (Lipinski definition) is 2. The summed E-state index contributed by atoms with van der Waals surface area (Å²) in [5.74, 6) is -2.37. The Morgan fingerprint density at radius 3 is 2.27 bits per heavy atom. The van der Waals surface area contributed by atoms with Crippen molar-refractivity contribution in [3.63, 3.8) is 0 Å². The number of anilines is 2. The van der Waals surface area contributed by atoms with Crippen LogP contribution in [0.5, 0.6) is 11.5 Å². The minimum absolute atomic E-state index is 0.168. The van der Waals surface area contributed by atoms with Crippen LogP contribution in [0.25, 0.3) is 10.9 Å². The van der Waals surface area contributed by atoms with Gasteiger partial charge in [0.1, 0.15) is 0 Å². The molecule has 0 fully saturated rings. The van der Waals surface area contributed by atoms with Gasteiger partial charge in [0.05, 0.1) is 36.6 Å². The Hall–Kier alpha value is -5.35. The summed E-state index contributed by atoms with van der Waals surface area (Å²) in [7, 11) is 5.24. The zero-order valence-electron chi connectivity index (χ0n) is 25.1. The fourth-order valence-electron chi connectivity index (χ4n) is 4.87. The summed E-state index contributed by atoms with van der Waals surface area (Å²) >= 11 is 0. The van der Waals surface area contributed by atoms with E-state index in [9.17, 15) is 18.4 Å². The van der Waals surface area contributed by atoms with Crippen molar-refractivity contribution in [2.75, 3.05) is 38.4 Å². The van der Waals surface area contributed by atoms with E-state index in [0.29, 0.717) is 22.7 Å². The predicted molar refractivity (Wildman–Crippen MR) is 170 cm³/mol. The Balaban J connectivity index is 1.21. The molecule has 5 rings (SSSR count). The van der Waals surface area contributed by atoms with Crippen molar-refractivity contribution in [3.8, 4) is 11.5 Å². The summed E-state index contributed by atoms with van der Waals surface area (Å²) in [6.45, 7) is 1.50. The molecule has 0 unspecified atom stereocenters. The van der Waals surface area contributed by atoms with Crippen LogP contribution in [0.4, 0.5) is 20.2 Å². The third kappa shape index (κ3) is 7.60. The predicted octanol–water partition coefficient (Wildman–Crippen LogP) is 6.71. The molecule has 0 aliphatic rings. The smallest absolute Gasteiger partial charge is 0.257 e. The van der Waals surface area contributed by atoms with Gasteiger partial charge in [0.2, 0.25) is 0 Å². The fourth-order valence-corrected chi connectivity index (χ4v) is 4.87. The number of benzene rings is 4. The van der Waals surface area contributed by atoms with Crippen LogP contribution in [-0.2, 0) is 13.0 Å². The highest BCUT2D eigenvalue weighted by Crippen LogP contribution is 2.28. The van der Waals surface area contributed by atoms with E-state index in [4.69, 9.17) is 9.47 Å². The molecule has 10 heteroatoms. The standard InChI is InChI=1S/C35H32F2N4O4/c1-41(21-23-10-13-32(44-2)33(16-23)45-3)15-14-22-8-11-26(12-9-22)39-35(43)27-18-28(36)29(37)19-31(27)40-34(42)25-17-24-6-4-5-7-30(24)38-20-25/h4-13,16-20H,14-15,21H2,1-3H3,(H,39,43)(H,40,42). The van der Waals surface area contributed by atoms with Crippen molar-refractivity contribution in [1.82, 2.24) is 9.88 Å². The van der Waals surface area contributed by atoms with Gasteiger partial charge in [0.25, 0.3) is 11.8 Å². The number of carbonyl (C=O) groups excluding carboxylic acids is 2. The van der Waals surface area contributed by atoms with Crippen LogP contribution >= 0.6 is 0 Å². The van der Waals surface area contributed by atoms with Crippen LogP contribution in [0.15, 0.2) is 91.1 Å². The lowest BCUT2D eigenvalue weighted by atomic mass is 10.1. The van der Waals surface area contributed by atoms with Gasteiger partial charge in [-0.15, -0.1) is 0 Å². The summed E-state index contributed by atoms with van der Waals surface area (Å²) in [5.41, 5.74) is 3.12. The van der Waals surface area contributed by atoms with Gasteiger partial charge in [-0.3, -0.25) is 14.6 Å². The van der Waals surface area contributed by atoms with Crippen LogP contribution in [0, 0.1) is 11.6 Å². The van der Waals surface area contributed by atoms with E-state index < -0.39 is 23.4 Å². The number of nitrogens with zero attached hydrogens (tertiary/aromatic N) is 2. The zero-order chi connectivity index (χ0) is 31.9. The maximum atomic E-state index is 14.2. The lowest BCUT2D eigenvalue weighted by Crippen LogP contribution is -2.21. The van der Waals surface area contributed by atoms with Crippen molar-refractivity contribution in [2.24, 2.45) is 0 Å². The lowest BCUT2D eigenvalue weighted by Gasteiger charge is -2.18. The summed E-state index contributed by atoms with van der Waals surface area (Å²) < 4.78 is 39.1. The summed E-state index contributed by atoms with van der Waals surface area (Å²) in [6, 6.07) is 23.5. The van der Waals surface area contributed by atoms with Crippen molar-refractivity contribution in [3.05, 3.63) is 125 Å². The quantitative estimate of drug-likeness (QED) is 0.173. The molecule has 4 aromatic carbocycles. The SMILES string of the molecule is COc1ccc(CN(C)CCc2ccc(NC(=O)c3cc(F)c(F)cc3NC(=O)c3cnc4ccccc4c3)cc2)cc1OC. The molecular weight excluding hydrogens is 578 g/mol. The first-order valence-corrected chi connectivity index (χ1v) is 14.2. The highest BCUT2D eigenvalue weighted by atomic mass is 19.2. The highest BCUT2D eigenvalue weighted by Gasteiger charge is 2.19. The average Bonchev–Trinajstić information content (AvgIpc) is 3.05. The molecule has 45 heavy (non-hydrogen) atoms. The average molecular weight is 611 g/mol. The molecule has 5 aromatic rings. The number of likely N-dealkylation sites (N-methyl/N-ethyl adjacent to an activating group) is 1. The molecule has 2 amide bonds. The number of rotatable bonds is 11. The molecule has 230 valence electrons. The van der Waals surface area contributed by atoms with Gasteiger partial charge >= 0.3 is 0 Å². The van der Waals surface area contributed by atoms with Crippen molar-refractivity contribution >= 4 is 34.1 Å². The molecule has 8 nitrogen and oxygen atoms in total. The number of fused-ring (bicyclic) bond motifs is 1. The van der Waals surface area contributed by atoms with Crippen molar-refractivity contribution in [1.29, 1.82) is 0 Å². The van der Waals surface area contributed by atoms with Crippen LogP contribution in [0.3, 0.4) is 0 Å². The maximum absolute atomic E-state index is 14.2. The third-order valence-electron chi connectivity index (χ3n) is 7.30. The molecule has 0 aliphatic carbocycles. The van der Waals surface area contributed by atoms with Gasteiger partial charge < -0.3 is 25.0 Å². The molecular formula is C35H32F2N4O4. The van der Waals surface area contributed by atoms with E-state index in [-0.39, 0.29) is 16.8 Å². The first-order chi connectivity index (χ1) is 21.7. The number of para-hydroxylation sites is 1. The number of aromatic nitrogens is 1. The van der Waals surface area contributed by atoms with Gasteiger partial charge in [-0.1, -0.05) is 36.4 Å². The van der Waals surface area contributed by atoms with E-state index in [1.807, 2.05) is 55.6 Å². The third-order valence-corrected chi connectivity index (χ3v) is 7.30. The normalized spacial score (nSPS) is 11.0. The number of pyridine rings is 1. The number of carbonyl (C=O) groups is 2. The van der Waals surface area contributed by atoms with E-state index in [2.05, 4.69) is 20.5 Å². The number of nitrogens with one attached hydrogen (secondary N) is 2. The first-order valence-electron chi connectivity index (χ1n) is 14.2. The number of hydrogen-bond acceptors (Lipinski definition) is 6. The van der Waals surface area contributed by atoms with Crippen molar-refractivity contribution in [2.45, 2.75) is 13.0 Å². The summed E-state index contributed by atoms with van der Waals surface area (Å²) in [4.78, 5) is 32.6. The van der Waals surface area contributed by atoms with Gasteiger partial charge in [0, 0.05) is 36.4 Å². The molecule has 0 saturated heterocycles. The minimum Gasteiger partial charge on any atom is -0.493 e. The Kier molecular flexibility index (Phi) is 9.64. The molecule has 0 bridgehead atoms. The Bertz CT molecular complexity index is 1850. The molecule has 0 aliphatic heterocycles. The molecule has 0 saturated carbocycles. The summed E-state index contributed by atoms with van der Waals surface area (Å²) in [5, 5.41) is 5.97. The van der Waals surface area contributed by atoms with Crippen LogP contribution in [0.2, 0.25) is 0 Å². The largest absolute Gasteiger partial charge is 0.493 e. The van der Waals surface area contributed by atoms with Gasteiger partial charge in [0.15, 0.2) is 23.1 Å². The highest BCUT2D eigenvalue weighted by molar-refractivity contribution is 6.13. The second kappa shape index (κ2) is 14.0. The van der Waals surface area contributed by atoms with Crippen molar-refractivity contribution < 1.29 is 27.8 Å². The maximum Gasteiger partial charge on any atom is 0.257 e. The van der Waals surface area contributed by atoms with Crippen LogP contribution < -0.4 is 20.1 Å². The fraction of sp³-hybridized carbons (Fsp3) is 0.171. The lowest BCUT2D eigenvalue weighted by molar-refractivity contribution is 0.102. The van der Waals surface area contributed by atoms with E-state index in [1.54, 1.807) is 38.5 Å². The number of amides is 2. The second-order valence-electron chi connectivity index (χ2n) is 10.5. The van der Waals surface area contributed by atoms with Crippen LogP contribution in [0.1, 0.15) is 31.8 Å². The van der Waals surface area contributed by atoms with E-state index in [0.717, 1.165) is 48.2 Å². The minimum atomic E-state index is -1.21. The van der Waals surface area contributed by atoms with Gasteiger partial charge in [-0.2, -0.15) is 0 Å². The van der Waals surface area contributed by atoms with Crippen LogP contribution in [-0.4, -0.2) is 49.5 Å². The molecule has 1 aromatic heterocycles. The van der Waals surface area contributed by atoms with Gasteiger partial charge in [-0.05, 0) is 67.1 Å². The zero-order valence-corrected chi connectivity index (χ0v) is 25.1. The number of ether oxygens (including phenoxy) is 2. The number of methoxy groups -OCH3 is 2.